The number of fused-ring (bicyclic) bond motifs is 1. The molecular formula is C27H31N3O5. The van der Waals surface area contributed by atoms with Gasteiger partial charge in [0.05, 0.1) is 43.0 Å². The highest BCUT2D eigenvalue weighted by Gasteiger charge is 2.28. The van der Waals surface area contributed by atoms with E-state index in [1.54, 1.807) is 33.5 Å². The van der Waals surface area contributed by atoms with Gasteiger partial charge in [-0.25, -0.2) is 9.79 Å². The van der Waals surface area contributed by atoms with E-state index in [0.29, 0.717) is 44.4 Å². The van der Waals surface area contributed by atoms with Crippen LogP contribution in [0.15, 0.2) is 29.3 Å². The van der Waals surface area contributed by atoms with E-state index in [-0.39, 0.29) is 0 Å². The summed E-state index contributed by atoms with van der Waals surface area (Å²) in [5.41, 5.74) is 3.28. The van der Waals surface area contributed by atoms with E-state index in [9.17, 15) is 4.79 Å². The number of carbonyl (C=O) groups excluding carboxylic acids is 1. The summed E-state index contributed by atoms with van der Waals surface area (Å²) in [6.07, 6.45) is 1.98. The van der Waals surface area contributed by atoms with E-state index in [2.05, 4.69) is 16.0 Å². The topological polar surface area (TPSA) is 97.9 Å². The Morgan fingerprint density at radius 2 is 1.57 bits per heavy atom. The van der Waals surface area contributed by atoms with Crippen molar-refractivity contribution in [1.29, 1.82) is 0 Å². The van der Waals surface area contributed by atoms with Gasteiger partial charge in [0, 0.05) is 28.7 Å². The van der Waals surface area contributed by atoms with Crippen molar-refractivity contribution in [3.05, 3.63) is 62.5 Å². The number of aryl methyl sites for hydroxylation is 2. The average Bonchev–Trinajstić information content (AvgIpc) is 3.45. The first-order valence-electron chi connectivity index (χ1n) is 11.3. The maximum atomic E-state index is 13.4. The second kappa shape index (κ2) is 9.02. The molecule has 0 saturated carbocycles. The molecule has 1 aromatic carbocycles. The monoisotopic (exact) mass is 477 g/mol. The molecule has 8 nitrogen and oxygen atoms in total. The first-order chi connectivity index (χ1) is 16.5. The summed E-state index contributed by atoms with van der Waals surface area (Å²) < 4.78 is 22.3. The van der Waals surface area contributed by atoms with E-state index in [4.69, 9.17) is 23.9 Å². The first kappa shape index (κ1) is 24.2. The van der Waals surface area contributed by atoms with Gasteiger partial charge in [-0.2, -0.15) is 0 Å². The number of carbonyl (C=O) groups is 1. The minimum atomic E-state index is -0.677. The largest absolute Gasteiger partial charge is 0.494 e. The number of benzene rings is 1. The zero-order chi connectivity index (χ0) is 25.5. The fourth-order valence-electron chi connectivity index (χ4n) is 4.09. The lowest BCUT2D eigenvalue weighted by Crippen LogP contribution is -2.30. The third-order valence-electron chi connectivity index (χ3n) is 5.61. The van der Waals surface area contributed by atoms with Crippen LogP contribution in [-0.4, -0.2) is 42.9 Å². The van der Waals surface area contributed by atoms with Crippen molar-refractivity contribution >= 4 is 23.3 Å². The van der Waals surface area contributed by atoms with Gasteiger partial charge in [0.15, 0.2) is 11.5 Å². The van der Waals surface area contributed by atoms with Crippen molar-refractivity contribution in [3.63, 3.8) is 0 Å². The van der Waals surface area contributed by atoms with Crippen LogP contribution in [-0.2, 0) is 9.53 Å². The number of aromatic nitrogens is 2. The lowest BCUT2D eigenvalue weighted by atomic mass is 10.1. The van der Waals surface area contributed by atoms with Crippen molar-refractivity contribution < 1.29 is 23.7 Å². The first-order valence-corrected chi connectivity index (χ1v) is 11.3. The quantitative estimate of drug-likeness (QED) is 0.546. The third kappa shape index (κ3) is 4.69. The summed E-state index contributed by atoms with van der Waals surface area (Å²) >= 11 is 0. The number of nitrogens with one attached hydrogen (secondary N) is 2. The van der Waals surface area contributed by atoms with Gasteiger partial charge in [-0.05, 0) is 58.4 Å². The van der Waals surface area contributed by atoms with Crippen LogP contribution in [0, 0.1) is 13.8 Å². The molecule has 0 spiro atoms. The van der Waals surface area contributed by atoms with Gasteiger partial charge in [0.25, 0.3) is 0 Å². The molecule has 3 heterocycles. The number of hydrogen-bond donors (Lipinski definition) is 2. The number of aromatic amines is 2. The zero-order valence-corrected chi connectivity index (χ0v) is 21.4. The van der Waals surface area contributed by atoms with Gasteiger partial charge in [0.1, 0.15) is 17.0 Å². The Bertz CT molecular complexity index is 1550. The molecule has 1 aliphatic heterocycles. The second-order valence-corrected chi connectivity index (χ2v) is 9.42. The molecule has 8 heteroatoms. The molecule has 0 bridgehead atoms. The van der Waals surface area contributed by atoms with Gasteiger partial charge >= 0.3 is 5.97 Å². The van der Waals surface area contributed by atoms with Crippen LogP contribution < -0.4 is 35.5 Å². The summed E-state index contributed by atoms with van der Waals surface area (Å²) in [4.78, 5) is 24.9. The summed E-state index contributed by atoms with van der Waals surface area (Å²) in [6.45, 7) is 9.55. The van der Waals surface area contributed by atoms with Gasteiger partial charge in [-0.15, -0.1) is 0 Å². The average molecular weight is 478 g/mol. The zero-order valence-electron chi connectivity index (χ0n) is 21.4. The molecule has 0 amide bonds. The van der Waals surface area contributed by atoms with Crippen molar-refractivity contribution in [2.24, 2.45) is 4.99 Å². The number of ether oxygens (including phenoxy) is 4. The van der Waals surface area contributed by atoms with Crippen molar-refractivity contribution in [1.82, 2.24) is 9.97 Å². The van der Waals surface area contributed by atoms with E-state index in [0.717, 1.165) is 22.3 Å². The van der Waals surface area contributed by atoms with Crippen LogP contribution in [0.2, 0.25) is 0 Å². The van der Waals surface area contributed by atoms with Crippen molar-refractivity contribution in [2.75, 3.05) is 21.3 Å². The van der Waals surface area contributed by atoms with E-state index in [1.165, 1.54) is 0 Å². The van der Waals surface area contributed by atoms with Crippen LogP contribution >= 0.6 is 0 Å². The number of nitrogens with zero attached hydrogens (tertiary/aromatic N) is 1. The van der Waals surface area contributed by atoms with Crippen molar-refractivity contribution in [2.45, 2.75) is 40.2 Å². The fourth-order valence-corrected chi connectivity index (χ4v) is 4.09. The Balaban J connectivity index is 2.03. The Morgan fingerprint density at radius 1 is 0.914 bits per heavy atom. The van der Waals surface area contributed by atoms with Gasteiger partial charge in [0.2, 0.25) is 0 Å². The Morgan fingerprint density at radius 3 is 2.14 bits per heavy atom. The molecule has 1 aliphatic rings. The van der Waals surface area contributed by atoms with Gasteiger partial charge in [-0.1, -0.05) is 0 Å². The molecule has 2 N–H and O–H groups in total. The van der Waals surface area contributed by atoms with E-state index >= 15 is 0 Å². The maximum Gasteiger partial charge on any atom is 0.341 e. The molecule has 35 heavy (non-hydrogen) atoms. The van der Waals surface area contributed by atoms with Crippen LogP contribution in [0.3, 0.4) is 0 Å². The second-order valence-electron chi connectivity index (χ2n) is 9.42. The normalized spacial score (nSPS) is 15.1. The van der Waals surface area contributed by atoms with E-state index < -0.39 is 11.6 Å². The Kier molecular flexibility index (Phi) is 6.23. The summed E-state index contributed by atoms with van der Waals surface area (Å²) in [5, 5.41) is 2.59. The van der Waals surface area contributed by atoms with Crippen LogP contribution in [0.1, 0.15) is 37.7 Å². The number of rotatable bonds is 5. The smallest absolute Gasteiger partial charge is 0.341 e. The fraction of sp³-hybridized carbons (Fsp3) is 0.333. The number of esters is 1. The standard InChI is InChI=1S/C27H31N3O5/c1-14-9-15(2)28-17(14)11-19-21(32-6)13-20(29-19)25-24(26(31)35-27(3,4)5)16-10-22(33-7)23(34-8)12-18(16)30-25/h9-13,28-29H,1-8H3. The highest BCUT2D eigenvalue weighted by molar-refractivity contribution is 6.25. The SMILES string of the molecule is COc1cc2c(cc1OC)=C(C(=O)OC(C)(C)C)C(=c1cc(OC)c(=Cc3[nH]c(C)cc3C)[nH]1)N=2. The minimum absolute atomic E-state index is 0.346. The predicted octanol–water partition coefficient (Wildman–Crippen LogP) is 1.75. The summed E-state index contributed by atoms with van der Waals surface area (Å²) in [7, 11) is 4.72. The molecule has 184 valence electrons. The highest BCUT2D eigenvalue weighted by Crippen LogP contribution is 2.26. The molecule has 0 aliphatic carbocycles. The Hall–Kier alpha value is -3.94. The number of methoxy groups -OCH3 is 3. The van der Waals surface area contributed by atoms with E-state index in [1.807, 2.05) is 46.8 Å². The molecule has 0 unspecified atom stereocenters. The molecule has 0 radical (unpaired) electrons. The Labute approximate surface area is 203 Å². The van der Waals surface area contributed by atoms with Crippen LogP contribution in [0.5, 0.6) is 17.2 Å². The molecule has 0 atom stereocenters. The third-order valence-corrected chi connectivity index (χ3v) is 5.61. The molecule has 3 aromatic rings. The molecule has 2 aromatic heterocycles. The molecule has 4 rings (SSSR count). The number of hydrogen-bond acceptors (Lipinski definition) is 6. The molecule has 0 fully saturated rings. The van der Waals surface area contributed by atoms with Crippen LogP contribution in [0.4, 0.5) is 0 Å². The maximum absolute atomic E-state index is 13.4. The molecule has 0 saturated heterocycles. The lowest BCUT2D eigenvalue weighted by molar-refractivity contribution is -0.147. The predicted molar refractivity (Wildman–Crippen MR) is 133 cm³/mol. The summed E-state index contributed by atoms with van der Waals surface area (Å²) in [6, 6.07) is 7.42. The lowest BCUT2D eigenvalue weighted by Gasteiger charge is -2.20. The summed E-state index contributed by atoms with van der Waals surface area (Å²) in [5.74, 6) is 1.18. The van der Waals surface area contributed by atoms with Gasteiger partial charge in [-0.3, -0.25) is 0 Å². The van der Waals surface area contributed by atoms with Crippen molar-refractivity contribution in [3.8, 4) is 17.2 Å². The number of H-pyrrole nitrogens is 2. The molecular weight excluding hydrogens is 446 g/mol. The van der Waals surface area contributed by atoms with Crippen LogP contribution in [0.25, 0.3) is 17.3 Å². The minimum Gasteiger partial charge on any atom is -0.494 e. The van der Waals surface area contributed by atoms with Gasteiger partial charge < -0.3 is 28.9 Å². The highest BCUT2D eigenvalue weighted by atomic mass is 16.6.